The molecule has 0 aromatic heterocycles. The van der Waals surface area contributed by atoms with Gasteiger partial charge in [0.1, 0.15) is 54.4 Å². The van der Waals surface area contributed by atoms with Gasteiger partial charge in [0.25, 0.3) is 0 Å². The molecule has 0 aromatic carbocycles. The molecule has 0 spiro atoms. The first-order chi connectivity index (χ1) is 46.1. The molecule has 0 saturated carbocycles. The Balaban J connectivity index is 6.92. The van der Waals surface area contributed by atoms with E-state index in [0.29, 0.717) is 38.0 Å². The number of likely N-dealkylation sites (N-methyl/N-ethyl adjacent to an activating group) is 7. The molecule has 0 saturated heterocycles. The first kappa shape index (κ1) is 92.9. The summed E-state index contributed by atoms with van der Waals surface area (Å²) in [5, 5.41) is 37.9. The van der Waals surface area contributed by atoms with Gasteiger partial charge in [-0.1, -0.05) is 129 Å². The van der Waals surface area contributed by atoms with Crippen LogP contribution in [0.5, 0.6) is 0 Å². The SMILES string of the molecule is CC[C@H](NC(=O)C([C@H](O)[C@H](C)CCCCCCCCNC(C)=O)N(C)C(=O)CC(C)C)C(=O)N(C)[C@H](CSCCCCO)C(=O)N(C)[C@@H](CC(C)C)C(=O)N[C@H](C(=O)N(C)[C@@H](CC(C)C)C(=O)N[C@H](C)C(=O)NCC(=O)N(C)[C@@H](CC(C)C)C(=O)N(C)[C@@H](CC(C)C)C(=O)NC)C(C)C. The molecule has 0 aliphatic carbocycles. The molecule has 0 bridgehead atoms. The van der Waals surface area contributed by atoms with Crippen LogP contribution in [0.3, 0.4) is 0 Å². The highest BCUT2D eigenvalue weighted by atomic mass is 32.2. The van der Waals surface area contributed by atoms with E-state index in [4.69, 9.17) is 0 Å². The Morgan fingerprint density at radius 2 is 0.919 bits per heavy atom. The summed E-state index contributed by atoms with van der Waals surface area (Å²) in [4.78, 5) is 175. The highest BCUT2D eigenvalue weighted by molar-refractivity contribution is 7.99. The number of unbranched alkanes of at least 4 members (excludes halogenated alkanes) is 6. The smallest absolute Gasteiger partial charge is 0.246 e. The molecule has 0 rings (SSSR count). The van der Waals surface area contributed by atoms with E-state index in [2.05, 4.69) is 31.9 Å². The van der Waals surface area contributed by atoms with Gasteiger partial charge in [-0.3, -0.25) is 57.5 Å². The number of nitrogens with one attached hydrogen (secondary N) is 6. The van der Waals surface area contributed by atoms with Gasteiger partial charge in [0.2, 0.25) is 70.9 Å². The zero-order valence-electron chi connectivity index (χ0n) is 64.8. The predicted octanol–water partition coefficient (Wildman–Crippen LogP) is 4.95. The van der Waals surface area contributed by atoms with Crippen LogP contribution in [0, 0.1) is 41.4 Å². The van der Waals surface area contributed by atoms with Crippen LogP contribution in [-0.4, -0.2) is 252 Å². The molecule has 8 N–H and O–H groups in total. The van der Waals surface area contributed by atoms with E-state index in [1.165, 1.54) is 104 Å². The van der Waals surface area contributed by atoms with Gasteiger partial charge in [0, 0.05) is 81.6 Å². The Kier molecular flexibility index (Phi) is 45.0. The predicted molar refractivity (Wildman–Crippen MR) is 390 cm³/mol. The molecule has 0 aromatic rings. The number of carbonyl (C=O) groups excluding carboxylic acids is 12. The number of thioether (sulfide) groups is 1. The molecule has 12 amide bonds. The van der Waals surface area contributed by atoms with E-state index in [0.717, 1.165) is 38.5 Å². The third kappa shape index (κ3) is 33.1. The molecular weight excluding hydrogens is 1290 g/mol. The molecule has 99 heavy (non-hydrogen) atoms. The van der Waals surface area contributed by atoms with Gasteiger partial charge >= 0.3 is 0 Å². The zero-order valence-corrected chi connectivity index (χ0v) is 65.7. The average molecular weight is 1420 g/mol. The van der Waals surface area contributed by atoms with E-state index in [-0.39, 0.29) is 91.8 Å². The van der Waals surface area contributed by atoms with Gasteiger partial charge in [-0.15, -0.1) is 0 Å². The number of hydrogen-bond donors (Lipinski definition) is 8. The Bertz CT molecular complexity index is 2540. The molecule has 0 aliphatic rings. The summed E-state index contributed by atoms with van der Waals surface area (Å²) >= 11 is 1.37. The molecule has 27 heteroatoms. The van der Waals surface area contributed by atoms with Crippen LogP contribution >= 0.6 is 11.8 Å². The molecule has 11 atom stereocenters. The lowest BCUT2D eigenvalue weighted by molar-refractivity contribution is -0.150. The monoisotopic (exact) mass is 1420 g/mol. The second-order valence-corrected chi connectivity index (χ2v) is 30.7. The Morgan fingerprint density at radius 3 is 1.39 bits per heavy atom. The first-order valence-corrected chi connectivity index (χ1v) is 37.4. The van der Waals surface area contributed by atoms with Crippen molar-refractivity contribution in [2.75, 3.05) is 80.5 Å². The molecule has 1 unspecified atom stereocenters. The van der Waals surface area contributed by atoms with Gasteiger partial charge in [-0.05, 0) is 112 Å². The largest absolute Gasteiger partial charge is 0.396 e. The fourth-order valence-electron chi connectivity index (χ4n) is 11.7. The van der Waals surface area contributed by atoms with Crippen molar-refractivity contribution in [1.82, 2.24) is 61.3 Å². The zero-order chi connectivity index (χ0) is 76.3. The maximum absolute atomic E-state index is 15.2. The first-order valence-electron chi connectivity index (χ1n) is 36.2. The molecule has 26 nitrogen and oxygen atoms in total. The van der Waals surface area contributed by atoms with Gasteiger partial charge in [0.15, 0.2) is 0 Å². The lowest BCUT2D eigenvalue weighted by Crippen LogP contribution is -2.62. The lowest BCUT2D eigenvalue weighted by atomic mass is 9.90. The standard InChI is InChI=1S/C72H134N12O14S/c1-24-53(77-68(94)62(84(23)59(87)41-48(10)11)63(89)50(14)33-29-27-25-26-28-30-34-74-52(16)86)69(95)83(22)58(43-99-36-32-31-35-85)71(97)81(20)56(39-46(6)7)67(93)78-61(49(12)13)72(98)82(21)55(38-45(4)5)66(92)76-51(15)64(90)75-42-60(88)79(18)57(40-47(8)9)70(96)80(19)54(37-44(2)3)65(91)73-17/h44-51,53-58,61-63,85,89H,24-43H2,1-23H3,(H,73,91)(H,74,86)(H,75,90)(H,76,92)(H,77,94)(H,78,93)/t50-,51-,53+,54+,55+,56+,57+,58-,61+,62?,63-/m1/s1. The van der Waals surface area contributed by atoms with Crippen molar-refractivity contribution in [3.63, 3.8) is 0 Å². The molecule has 0 heterocycles. The normalized spacial score (nSPS) is 14.9. The van der Waals surface area contributed by atoms with Crippen molar-refractivity contribution in [2.45, 2.75) is 268 Å². The van der Waals surface area contributed by atoms with E-state index >= 15 is 4.79 Å². The minimum atomic E-state index is -1.36. The van der Waals surface area contributed by atoms with E-state index < -0.39 is 132 Å². The molecule has 0 fully saturated rings. The number of hydrogen-bond acceptors (Lipinski definition) is 15. The lowest BCUT2D eigenvalue weighted by Gasteiger charge is -2.38. The van der Waals surface area contributed by atoms with Crippen molar-refractivity contribution in [3.8, 4) is 0 Å². The topological polar surface area (TPSA) is 337 Å². The van der Waals surface area contributed by atoms with Crippen LogP contribution in [0.15, 0.2) is 0 Å². The second kappa shape index (κ2) is 47.9. The molecular formula is C72H134N12O14S. The Hall–Kier alpha value is -6.09. The quantitative estimate of drug-likeness (QED) is 0.0374. The van der Waals surface area contributed by atoms with Crippen molar-refractivity contribution < 1.29 is 67.7 Å². The van der Waals surface area contributed by atoms with Gasteiger partial charge in [-0.2, -0.15) is 11.8 Å². The minimum Gasteiger partial charge on any atom is -0.396 e. The number of nitrogens with zero attached hydrogens (tertiary/aromatic N) is 6. The third-order valence-corrected chi connectivity index (χ3v) is 19.2. The van der Waals surface area contributed by atoms with Crippen LogP contribution in [-0.2, 0) is 57.5 Å². The fraction of sp³-hybridized carbons (Fsp3) is 0.833. The van der Waals surface area contributed by atoms with Crippen LogP contribution in [0.1, 0.15) is 207 Å². The maximum Gasteiger partial charge on any atom is 0.246 e. The van der Waals surface area contributed by atoms with Gasteiger partial charge in [0.05, 0.1) is 12.6 Å². The maximum atomic E-state index is 15.2. The summed E-state index contributed by atoms with van der Waals surface area (Å²) in [6, 6.07) is -10.3. The van der Waals surface area contributed by atoms with Crippen LogP contribution in [0.2, 0.25) is 0 Å². The van der Waals surface area contributed by atoms with Crippen molar-refractivity contribution in [1.29, 1.82) is 0 Å². The molecule has 0 radical (unpaired) electrons. The van der Waals surface area contributed by atoms with Crippen molar-refractivity contribution >= 4 is 82.6 Å². The summed E-state index contributed by atoms with van der Waals surface area (Å²) in [7, 11) is 10.3. The summed E-state index contributed by atoms with van der Waals surface area (Å²) in [5.74, 6) is -7.14. The molecule has 0 aliphatic heterocycles. The van der Waals surface area contributed by atoms with Crippen molar-refractivity contribution in [2.24, 2.45) is 41.4 Å². The summed E-state index contributed by atoms with van der Waals surface area (Å²) in [5.41, 5.74) is 0. The average Bonchev–Trinajstić information content (AvgIpc) is 0.828. The molecule has 572 valence electrons. The number of rotatable bonds is 49. The number of aliphatic hydroxyl groups is 2. The summed E-state index contributed by atoms with van der Waals surface area (Å²) in [6.45, 7) is 28.9. The summed E-state index contributed by atoms with van der Waals surface area (Å²) < 4.78 is 0. The minimum absolute atomic E-state index is 0.0238. The second-order valence-electron chi connectivity index (χ2n) is 29.6. The van der Waals surface area contributed by atoms with E-state index in [9.17, 15) is 63.0 Å². The Morgan fingerprint density at radius 1 is 0.455 bits per heavy atom. The number of carbonyl (C=O) groups is 12. The van der Waals surface area contributed by atoms with Gasteiger partial charge in [-0.25, -0.2) is 0 Å². The highest BCUT2D eigenvalue weighted by Crippen LogP contribution is 2.25. The van der Waals surface area contributed by atoms with Crippen molar-refractivity contribution in [3.05, 3.63) is 0 Å². The van der Waals surface area contributed by atoms with Crippen LogP contribution < -0.4 is 31.9 Å². The number of amides is 12. The third-order valence-electron chi connectivity index (χ3n) is 18.0. The Labute approximate surface area is 598 Å². The van der Waals surface area contributed by atoms with Crippen LogP contribution in [0.4, 0.5) is 0 Å². The van der Waals surface area contributed by atoms with E-state index in [1.807, 2.05) is 76.2 Å². The highest BCUT2D eigenvalue weighted by Gasteiger charge is 2.43. The van der Waals surface area contributed by atoms with Crippen LogP contribution in [0.25, 0.3) is 0 Å². The number of aliphatic hydroxyl groups excluding tert-OH is 2. The van der Waals surface area contributed by atoms with Gasteiger partial charge < -0.3 is 71.5 Å². The fourth-order valence-corrected chi connectivity index (χ4v) is 12.9. The van der Waals surface area contributed by atoms with E-state index in [1.54, 1.807) is 20.8 Å². The summed E-state index contributed by atoms with van der Waals surface area (Å²) in [6.07, 6.45) is 6.94.